The molecule has 2 heterocycles. The van der Waals surface area contributed by atoms with Gasteiger partial charge in [0, 0.05) is 27.8 Å². The molecule has 2 N–H and O–H groups in total. The van der Waals surface area contributed by atoms with Gasteiger partial charge in [-0.1, -0.05) is 24.3 Å². The van der Waals surface area contributed by atoms with E-state index in [1.165, 1.54) is 12.0 Å². The molecule has 1 atom stereocenters. The number of Topliss-reactive ketones (excluding diaryl/α,β-unsaturated/α-hetero) is 1. The van der Waals surface area contributed by atoms with Crippen LogP contribution in [0.3, 0.4) is 0 Å². The summed E-state index contributed by atoms with van der Waals surface area (Å²) in [7, 11) is 3.08. The number of rotatable bonds is 5. The smallest absolute Gasteiger partial charge is 0.300 e. The molecule has 188 valence electrons. The Morgan fingerprint density at radius 2 is 1.65 bits per heavy atom. The predicted molar refractivity (Wildman–Crippen MR) is 143 cm³/mol. The van der Waals surface area contributed by atoms with Crippen LogP contribution < -0.4 is 14.4 Å². The van der Waals surface area contributed by atoms with Crippen LogP contribution in [0, 0.1) is 20.8 Å². The molecule has 7 heteroatoms. The van der Waals surface area contributed by atoms with Gasteiger partial charge in [-0.25, -0.2) is 0 Å². The van der Waals surface area contributed by atoms with Gasteiger partial charge in [0.1, 0.15) is 17.3 Å². The number of aliphatic hydroxyl groups excluding tert-OH is 1. The lowest BCUT2D eigenvalue weighted by molar-refractivity contribution is -0.132. The Kier molecular flexibility index (Phi) is 5.99. The van der Waals surface area contributed by atoms with Crippen LogP contribution in [0.25, 0.3) is 16.7 Å². The van der Waals surface area contributed by atoms with E-state index < -0.39 is 17.7 Å². The van der Waals surface area contributed by atoms with Crippen LogP contribution in [0.4, 0.5) is 5.69 Å². The van der Waals surface area contributed by atoms with Gasteiger partial charge in [-0.15, -0.1) is 0 Å². The van der Waals surface area contributed by atoms with Crippen molar-refractivity contribution in [1.29, 1.82) is 0 Å². The number of carbonyl (C=O) groups is 2. The minimum absolute atomic E-state index is 0.0111. The Hall–Kier alpha value is -4.52. The maximum absolute atomic E-state index is 13.7. The molecule has 7 nitrogen and oxygen atoms in total. The SMILES string of the molecule is COc1ccc(N2C(=O)C(=O)/C(=C(/O)c3cc(C)cc(C)c3OC)C2c2c(C)[nH]c3ccccc23)cc1. The molecule has 1 fully saturated rings. The zero-order valence-electron chi connectivity index (χ0n) is 21.4. The topological polar surface area (TPSA) is 91.9 Å². The average Bonchev–Trinajstić information content (AvgIpc) is 3.35. The molecule has 0 bridgehead atoms. The number of aromatic amines is 1. The quantitative estimate of drug-likeness (QED) is 0.209. The number of nitrogens with one attached hydrogen (secondary N) is 1. The van der Waals surface area contributed by atoms with Gasteiger partial charge in [-0.2, -0.15) is 0 Å². The number of ketones is 1. The number of nitrogens with zero attached hydrogens (tertiary/aromatic N) is 1. The van der Waals surface area contributed by atoms with Crippen molar-refractivity contribution in [2.75, 3.05) is 19.1 Å². The fourth-order valence-electron chi connectivity index (χ4n) is 5.31. The number of H-pyrrole nitrogens is 1. The number of aromatic nitrogens is 1. The Balaban J connectivity index is 1.83. The van der Waals surface area contributed by atoms with Crippen LogP contribution in [0.15, 0.2) is 66.2 Å². The Morgan fingerprint density at radius 3 is 2.32 bits per heavy atom. The number of aliphatic hydroxyl groups is 1. The number of methoxy groups -OCH3 is 2. The summed E-state index contributed by atoms with van der Waals surface area (Å²) in [6.45, 7) is 5.68. The van der Waals surface area contributed by atoms with Crippen LogP contribution >= 0.6 is 0 Å². The molecule has 3 aromatic carbocycles. The van der Waals surface area contributed by atoms with E-state index in [1.807, 2.05) is 51.1 Å². The van der Waals surface area contributed by atoms with E-state index in [4.69, 9.17) is 9.47 Å². The summed E-state index contributed by atoms with van der Waals surface area (Å²) in [4.78, 5) is 32.1. The van der Waals surface area contributed by atoms with Crippen LogP contribution in [0.1, 0.15) is 34.0 Å². The highest BCUT2D eigenvalue weighted by atomic mass is 16.5. The molecule has 0 radical (unpaired) electrons. The standard InChI is InChI=1S/C30H28N2O5/c1-16-14-17(2)29(37-5)22(15-16)27(33)25-26(24-18(3)31-23-9-7-6-8-21(23)24)32(30(35)28(25)34)19-10-12-20(36-4)13-11-19/h6-15,26,31,33H,1-5H3/b27-25+. The van der Waals surface area contributed by atoms with Crippen molar-refractivity contribution in [2.24, 2.45) is 0 Å². The second kappa shape index (κ2) is 9.17. The summed E-state index contributed by atoms with van der Waals surface area (Å²) in [5, 5.41) is 12.6. The zero-order valence-corrected chi connectivity index (χ0v) is 21.4. The number of amides is 1. The van der Waals surface area contributed by atoms with Gasteiger partial charge in [0.15, 0.2) is 0 Å². The molecule has 0 spiro atoms. The fourth-order valence-corrected chi connectivity index (χ4v) is 5.31. The molecule has 1 saturated heterocycles. The molecule has 1 aromatic heterocycles. The van der Waals surface area contributed by atoms with Gasteiger partial charge in [0.25, 0.3) is 11.7 Å². The molecule has 37 heavy (non-hydrogen) atoms. The average molecular weight is 497 g/mol. The van der Waals surface area contributed by atoms with E-state index in [-0.39, 0.29) is 11.3 Å². The van der Waals surface area contributed by atoms with E-state index in [2.05, 4.69) is 4.98 Å². The van der Waals surface area contributed by atoms with Crippen LogP contribution in [0.5, 0.6) is 11.5 Å². The minimum Gasteiger partial charge on any atom is -0.507 e. The van der Waals surface area contributed by atoms with E-state index >= 15 is 0 Å². The maximum Gasteiger partial charge on any atom is 0.300 e. The molecule has 5 rings (SSSR count). The van der Waals surface area contributed by atoms with Gasteiger partial charge < -0.3 is 19.6 Å². The second-order valence-corrected chi connectivity index (χ2v) is 9.24. The Bertz CT molecular complexity index is 1580. The number of para-hydroxylation sites is 1. The first-order valence-electron chi connectivity index (χ1n) is 11.9. The largest absolute Gasteiger partial charge is 0.507 e. The molecule has 1 aliphatic heterocycles. The number of carbonyl (C=O) groups excluding carboxylic acids is 2. The van der Waals surface area contributed by atoms with Gasteiger partial charge in [0.2, 0.25) is 0 Å². The van der Waals surface area contributed by atoms with E-state index in [9.17, 15) is 14.7 Å². The van der Waals surface area contributed by atoms with Crippen LogP contribution in [-0.4, -0.2) is 36.0 Å². The molecule has 1 aliphatic rings. The number of hydrogen-bond donors (Lipinski definition) is 2. The summed E-state index contributed by atoms with van der Waals surface area (Å²) in [5.74, 6) is -0.671. The summed E-state index contributed by atoms with van der Waals surface area (Å²) >= 11 is 0. The summed E-state index contributed by atoms with van der Waals surface area (Å²) < 4.78 is 10.9. The van der Waals surface area contributed by atoms with Crippen molar-refractivity contribution in [3.05, 3.63) is 94.2 Å². The molecular weight excluding hydrogens is 468 g/mol. The van der Waals surface area contributed by atoms with Crippen molar-refractivity contribution in [3.8, 4) is 11.5 Å². The maximum atomic E-state index is 13.7. The van der Waals surface area contributed by atoms with Gasteiger partial charge in [-0.05, 0) is 68.3 Å². The van der Waals surface area contributed by atoms with E-state index in [1.54, 1.807) is 37.4 Å². The van der Waals surface area contributed by atoms with Crippen molar-refractivity contribution in [3.63, 3.8) is 0 Å². The number of benzene rings is 3. The molecule has 4 aromatic rings. The lowest BCUT2D eigenvalue weighted by atomic mass is 9.92. The van der Waals surface area contributed by atoms with Gasteiger partial charge >= 0.3 is 0 Å². The summed E-state index contributed by atoms with van der Waals surface area (Å²) in [6.07, 6.45) is 0. The number of aryl methyl sites for hydroxylation is 3. The molecule has 0 saturated carbocycles. The van der Waals surface area contributed by atoms with Crippen molar-refractivity contribution in [2.45, 2.75) is 26.8 Å². The predicted octanol–water partition coefficient (Wildman–Crippen LogP) is 5.74. The Morgan fingerprint density at radius 1 is 0.946 bits per heavy atom. The second-order valence-electron chi connectivity index (χ2n) is 9.24. The van der Waals surface area contributed by atoms with Crippen LogP contribution in [0.2, 0.25) is 0 Å². The van der Waals surface area contributed by atoms with Gasteiger partial charge in [0.05, 0.1) is 31.4 Å². The highest BCUT2D eigenvalue weighted by molar-refractivity contribution is 6.52. The van der Waals surface area contributed by atoms with Gasteiger partial charge in [-0.3, -0.25) is 14.5 Å². The first-order chi connectivity index (χ1) is 17.8. The summed E-state index contributed by atoms with van der Waals surface area (Å²) in [5.41, 5.74) is 5.02. The third kappa shape index (κ3) is 3.83. The molecule has 1 amide bonds. The summed E-state index contributed by atoms with van der Waals surface area (Å²) in [6, 6.07) is 17.5. The van der Waals surface area contributed by atoms with E-state index in [0.717, 1.165) is 33.3 Å². The minimum atomic E-state index is -0.866. The third-order valence-corrected chi connectivity index (χ3v) is 6.89. The monoisotopic (exact) mass is 496 g/mol. The highest BCUT2D eigenvalue weighted by Crippen LogP contribution is 2.46. The van der Waals surface area contributed by atoms with Crippen molar-refractivity contribution in [1.82, 2.24) is 4.98 Å². The Labute approximate surface area is 214 Å². The first kappa shape index (κ1) is 24.2. The molecular formula is C30H28N2O5. The number of hydrogen-bond acceptors (Lipinski definition) is 5. The highest BCUT2D eigenvalue weighted by Gasteiger charge is 2.48. The fraction of sp³-hybridized carbons (Fsp3) is 0.200. The van der Waals surface area contributed by atoms with Crippen molar-refractivity contribution < 1.29 is 24.2 Å². The third-order valence-electron chi connectivity index (χ3n) is 6.89. The lowest BCUT2D eigenvalue weighted by Gasteiger charge is -2.26. The number of fused-ring (bicyclic) bond motifs is 1. The number of anilines is 1. The normalized spacial score (nSPS) is 17.0. The zero-order chi connectivity index (χ0) is 26.4. The van der Waals surface area contributed by atoms with Crippen molar-refractivity contribution >= 4 is 34.0 Å². The number of ether oxygens (including phenoxy) is 2. The molecule has 0 aliphatic carbocycles. The van der Waals surface area contributed by atoms with E-state index in [0.29, 0.717) is 22.7 Å². The lowest BCUT2D eigenvalue weighted by Crippen LogP contribution is -2.29. The first-order valence-corrected chi connectivity index (χ1v) is 11.9. The molecule has 1 unspecified atom stereocenters. The van der Waals surface area contributed by atoms with Crippen LogP contribution in [-0.2, 0) is 9.59 Å².